The number of hydrogen-bond donors (Lipinski definition) is 1. The highest BCUT2D eigenvalue weighted by Gasteiger charge is 2.37. The van der Waals surface area contributed by atoms with E-state index in [2.05, 4.69) is 45.3 Å². The number of likely N-dealkylation sites (tertiary alicyclic amines) is 1. The van der Waals surface area contributed by atoms with Crippen LogP contribution in [0, 0.1) is 5.41 Å². The summed E-state index contributed by atoms with van der Waals surface area (Å²) in [4.78, 5) is 27.5. The molecule has 1 spiro atoms. The number of piperidine rings is 1. The van der Waals surface area contributed by atoms with Crippen molar-refractivity contribution in [1.29, 1.82) is 0 Å². The molecule has 2 fully saturated rings. The number of nitrogen functional groups attached to an aromatic ring is 1. The molecule has 0 atom stereocenters. The zero-order valence-corrected chi connectivity index (χ0v) is 21.4. The first kappa shape index (κ1) is 23.7. The monoisotopic (exact) mass is 498 g/mol. The molecule has 2 N–H and O–H groups in total. The van der Waals surface area contributed by atoms with Gasteiger partial charge in [0.25, 0.3) is 0 Å². The number of hydrogen-bond acceptors (Lipinski definition) is 6. The normalized spacial score (nSPS) is 19.5. The lowest BCUT2D eigenvalue weighted by atomic mass is 9.68. The van der Waals surface area contributed by atoms with Crippen LogP contribution in [0.3, 0.4) is 0 Å². The molecule has 1 saturated heterocycles. The van der Waals surface area contributed by atoms with Gasteiger partial charge in [-0.15, -0.1) is 0 Å². The Morgan fingerprint density at radius 3 is 2.62 bits per heavy atom. The van der Waals surface area contributed by atoms with Crippen LogP contribution in [0.4, 0.5) is 5.82 Å². The maximum absolute atomic E-state index is 12.0. The Bertz CT molecular complexity index is 1380. The zero-order valence-electron chi connectivity index (χ0n) is 21.4. The molecule has 1 saturated carbocycles. The molecule has 4 heterocycles. The number of nitrogens with two attached hydrogens (primary N) is 1. The van der Waals surface area contributed by atoms with Gasteiger partial charge < -0.3 is 19.9 Å². The van der Waals surface area contributed by atoms with Crippen LogP contribution in [0.25, 0.3) is 27.7 Å². The van der Waals surface area contributed by atoms with Crippen molar-refractivity contribution < 1.29 is 9.53 Å². The molecular weight excluding hydrogens is 464 g/mol. The second-order valence-corrected chi connectivity index (χ2v) is 10.8. The van der Waals surface area contributed by atoms with Crippen molar-refractivity contribution in [2.45, 2.75) is 57.5 Å². The Kier molecular flexibility index (Phi) is 5.97. The number of rotatable bonds is 5. The minimum absolute atomic E-state index is 0.0402. The van der Waals surface area contributed by atoms with E-state index in [9.17, 15) is 4.79 Å². The lowest BCUT2D eigenvalue weighted by Gasteiger charge is -2.43. The molecule has 8 heteroatoms. The van der Waals surface area contributed by atoms with E-state index in [1.165, 1.54) is 24.4 Å². The second-order valence-electron chi connectivity index (χ2n) is 10.8. The summed E-state index contributed by atoms with van der Waals surface area (Å²) >= 11 is 0. The van der Waals surface area contributed by atoms with Gasteiger partial charge in [-0.25, -0.2) is 15.0 Å². The lowest BCUT2D eigenvalue weighted by Crippen LogP contribution is -2.43. The maximum Gasteiger partial charge on any atom is 0.245 e. The minimum Gasteiger partial charge on any atom is -0.474 e. The van der Waals surface area contributed by atoms with Crippen LogP contribution in [0.15, 0.2) is 43.4 Å². The van der Waals surface area contributed by atoms with Crippen molar-refractivity contribution >= 4 is 28.3 Å². The third kappa shape index (κ3) is 4.18. The summed E-state index contributed by atoms with van der Waals surface area (Å²) in [5.41, 5.74) is 12.0. The fraction of sp³-hybridized carbons (Fsp3) is 0.448. The number of aromatic nitrogens is 4. The van der Waals surface area contributed by atoms with Crippen LogP contribution in [0.2, 0.25) is 0 Å². The lowest BCUT2D eigenvalue weighted by molar-refractivity contribution is -0.128. The summed E-state index contributed by atoms with van der Waals surface area (Å²) in [6.45, 7) is 5.25. The van der Waals surface area contributed by atoms with Crippen LogP contribution < -0.4 is 10.5 Å². The largest absolute Gasteiger partial charge is 0.474 e. The third-order valence-corrected chi connectivity index (χ3v) is 8.68. The Morgan fingerprint density at radius 2 is 2.00 bits per heavy atom. The number of carbonyl (C=O) groups excluding carboxylic acids is 1. The van der Waals surface area contributed by atoms with Crippen LogP contribution in [-0.4, -0.2) is 49.5 Å². The first-order valence-electron chi connectivity index (χ1n) is 13.3. The molecule has 8 nitrogen and oxygen atoms in total. The number of allylic oxidation sites excluding steroid dienone is 2. The van der Waals surface area contributed by atoms with Crippen LogP contribution in [0.5, 0.6) is 5.88 Å². The quantitative estimate of drug-likeness (QED) is 0.502. The summed E-state index contributed by atoms with van der Waals surface area (Å²) in [7, 11) is 2.06. The van der Waals surface area contributed by atoms with E-state index in [4.69, 9.17) is 10.5 Å². The fourth-order valence-electron chi connectivity index (χ4n) is 6.13. The third-order valence-electron chi connectivity index (χ3n) is 8.68. The molecule has 37 heavy (non-hydrogen) atoms. The molecule has 3 aliphatic rings. The number of aryl methyl sites for hydroxylation is 1. The Morgan fingerprint density at radius 1 is 1.19 bits per heavy atom. The highest BCUT2D eigenvalue weighted by Crippen LogP contribution is 2.48. The van der Waals surface area contributed by atoms with Gasteiger partial charge in [0.2, 0.25) is 11.8 Å². The fourth-order valence-corrected chi connectivity index (χ4v) is 6.13. The summed E-state index contributed by atoms with van der Waals surface area (Å²) in [5, 5.41) is 0.867. The van der Waals surface area contributed by atoms with Gasteiger partial charge in [-0.1, -0.05) is 12.7 Å². The first-order chi connectivity index (χ1) is 18.0. The standard InChI is InChI=1S/C29H34N6O2/c1-3-23(36)35-15-13-29(14-16-35)11-9-19(10-12-29)26-24(25-27(30)32-18-33-28(25)34(26)2)20-7-8-22(31-17-20)37-21-5-4-6-21/h3,7-9,17-18,21H,1,4-6,10-16H2,2H3,(H2,30,32,33). The molecule has 0 bridgehead atoms. The topological polar surface area (TPSA) is 99.2 Å². The second kappa shape index (κ2) is 9.32. The van der Waals surface area contributed by atoms with Crippen molar-refractivity contribution in [3.63, 3.8) is 0 Å². The smallest absolute Gasteiger partial charge is 0.245 e. The first-order valence-corrected chi connectivity index (χ1v) is 13.3. The van der Waals surface area contributed by atoms with Gasteiger partial charge in [-0.3, -0.25) is 4.79 Å². The molecule has 1 aliphatic heterocycles. The van der Waals surface area contributed by atoms with Crippen LogP contribution in [-0.2, 0) is 11.8 Å². The molecule has 0 unspecified atom stereocenters. The van der Waals surface area contributed by atoms with E-state index in [-0.39, 0.29) is 17.4 Å². The highest BCUT2D eigenvalue weighted by atomic mass is 16.5. The number of fused-ring (bicyclic) bond motifs is 1. The molecule has 0 aromatic carbocycles. The SMILES string of the molecule is C=CC(=O)N1CCC2(CC=C(c3c(-c4ccc(OC5CCC5)nc4)c4c(N)ncnc4n3C)CC2)CC1. The van der Waals surface area contributed by atoms with Crippen molar-refractivity contribution in [3.05, 3.63) is 49.1 Å². The Labute approximate surface area is 217 Å². The number of amides is 1. The number of pyridine rings is 1. The summed E-state index contributed by atoms with van der Waals surface area (Å²) < 4.78 is 8.14. The molecule has 1 amide bonds. The van der Waals surface area contributed by atoms with E-state index in [0.717, 1.165) is 85.9 Å². The number of anilines is 1. The van der Waals surface area contributed by atoms with Crippen LogP contribution in [0.1, 0.15) is 57.1 Å². The Hall–Kier alpha value is -3.68. The average Bonchev–Trinajstić information content (AvgIpc) is 3.20. The van der Waals surface area contributed by atoms with E-state index in [0.29, 0.717) is 11.7 Å². The Balaban J connectivity index is 1.34. The van der Waals surface area contributed by atoms with Crippen molar-refractivity contribution in [2.24, 2.45) is 12.5 Å². The van der Waals surface area contributed by atoms with E-state index in [1.54, 1.807) is 0 Å². The van der Waals surface area contributed by atoms with Crippen molar-refractivity contribution in [3.8, 4) is 17.0 Å². The number of carbonyl (C=O) groups is 1. The zero-order chi connectivity index (χ0) is 25.6. The summed E-state index contributed by atoms with van der Waals surface area (Å²) in [5.74, 6) is 1.18. The molecule has 3 aromatic rings. The van der Waals surface area contributed by atoms with Gasteiger partial charge in [-0.2, -0.15) is 0 Å². The molecule has 192 valence electrons. The molecule has 3 aromatic heterocycles. The maximum atomic E-state index is 12.0. The molecule has 0 radical (unpaired) electrons. The molecule has 2 aliphatic carbocycles. The van der Waals surface area contributed by atoms with E-state index >= 15 is 0 Å². The van der Waals surface area contributed by atoms with Gasteiger partial charge in [0.15, 0.2) is 0 Å². The number of nitrogens with zero attached hydrogens (tertiary/aromatic N) is 5. The van der Waals surface area contributed by atoms with Crippen LogP contribution >= 0.6 is 0 Å². The van der Waals surface area contributed by atoms with Gasteiger partial charge in [0.05, 0.1) is 11.1 Å². The van der Waals surface area contributed by atoms with Gasteiger partial charge in [0.1, 0.15) is 23.9 Å². The minimum atomic E-state index is 0.0402. The summed E-state index contributed by atoms with van der Waals surface area (Å²) in [6.07, 6.45) is 16.1. The molecule has 6 rings (SSSR count). The van der Waals surface area contributed by atoms with Crippen molar-refractivity contribution in [1.82, 2.24) is 24.4 Å². The van der Waals surface area contributed by atoms with Crippen molar-refractivity contribution in [2.75, 3.05) is 18.8 Å². The highest BCUT2D eigenvalue weighted by molar-refractivity contribution is 6.05. The van der Waals surface area contributed by atoms with Gasteiger partial charge >= 0.3 is 0 Å². The van der Waals surface area contributed by atoms with E-state index in [1.807, 2.05) is 17.2 Å². The summed E-state index contributed by atoms with van der Waals surface area (Å²) in [6, 6.07) is 4.03. The van der Waals surface area contributed by atoms with Gasteiger partial charge in [0, 0.05) is 43.5 Å². The average molecular weight is 499 g/mol. The number of ether oxygens (including phenoxy) is 1. The molecular formula is C29H34N6O2. The van der Waals surface area contributed by atoms with E-state index < -0.39 is 0 Å². The predicted molar refractivity (Wildman–Crippen MR) is 145 cm³/mol. The van der Waals surface area contributed by atoms with Gasteiger partial charge in [-0.05, 0) is 74.5 Å². The predicted octanol–water partition coefficient (Wildman–Crippen LogP) is 4.91.